The SMILES string of the molecule is CNC(=O)c1ccccc1Nc1nc(Nc2cc(C)c(CC#N)cc2OC)ncc1Cl. The van der Waals surface area contributed by atoms with E-state index in [-0.39, 0.29) is 11.9 Å². The summed E-state index contributed by atoms with van der Waals surface area (Å²) in [6, 6.07) is 12.9. The number of ether oxygens (including phenoxy) is 1. The lowest BCUT2D eigenvalue weighted by molar-refractivity contribution is 0.0964. The van der Waals surface area contributed by atoms with Gasteiger partial charge in [-0.3, -0.25) is 4.79 Å². The van der Waals surface area contributed by atoms with E-state index in [0.29, 0.717) is 39.9 Å². The number of nitrogens with zero attached hydrogens (tertiary/aromatic N) is 3. The first kappa shape index (κ1) is 21.9. The fourth-order valence-electron chi connectivity index (χ4n) is 2.96. The molecule has 0 spiro atoms. The average Bonchev–Trinajstić information content (AvgIpc) is 2.77. The number of hydrogen-bond donors (Lipinski definition) is 3. The summed E-state index contributed by atoms with van der Waals surface area (Å²) in [5, 5.41) is 18.1. The predicted molar refractivity (Wildman–Crippen MR) is 120 cm³/mol. The molecule has 9 heteroatoms. The first-order chi connectivity index (χ1) is 15.0. The van der Waals surface area contributed by atoms with Crippen LogP contribution in [0.4, 0.5) is 23.1 Å². The summed E-state index contributed by atoms with van der Waals surface area (Å²) in [6.07, 6.45) is 1.75. The number of halogens is 1. The van der Waals surface area contributed by atoms with Gasteiger partial charge in [-0.25, -0.2) is 4.98 Å². The van der Waals surface area contributed by atoms with Crippen molar-refractivity contribution in [3.05, 3.63) is 64.3 Å². The summed E-state index contributed by atoms with van der Waals surface area (Å²) in [7, 11) is 3.12. The first-order valence-corrected chi connectivity index (χ1v) is 9.76. The molecular weight excluding hydrogens is 416 g/mol. The maximum Gasteiger partial charge on any atom is 0.253 e. The van der Waals surface area contributed by atoms with Gasteiger partial charge < -0.3 is 20.7 Å². The lowest BCUT2D eigenvalue weighted by Crippen LogP contribution is -2.19. The summed E-state index contributed by atoms with van der Waals surface area (Å²) >= 11 is 6.28. The lowest BCUT2D eigenvalue weighted by Gasteiger charge is -2.15. The number of nitrogens with one attached hydrogen (secondary N) is 3. The molecule has 1 amide bonds. The molecule has 0 bridgehead atoms. The zero-order chi connectivity index (χ0) is 22.4. The van der Waals surface area contributed by atoms with Gasteiger partial charge in [-0.05, 0) is 42.3 Å². The largest absolute Gasteiger partial charge is 0.495 e. The third kappa shape index (κ3) is 5.02. The Labute approximate surface area is 185 Å². The highest BCUT2D eigenvalue weighted by molar-refractivity contribution is 6.33. The topological polar surface area (TPSA) is 112 Å². The van der Waals surface area contributed by atoms with Gasteiger partial charge in [0.2, 0.25) is 5.95 Å². The zero-order valence-corrected chi connectivity index (χ0v) is 18.0. The van der Waals surface area contributed by atoms with E-state index in [4.69, 9.17) is 21.6 Å². The quantitative estimate of drug-likeness (QED) is 0.504. The van der Waals surface area contributed by atoms with Crippen molar-refractivity contribution in [2.75, 3.05) is 24.8 Å². The Kier molecular flexibility index (Phi) is 6.90. The molecule has 0 unspecified atom stereocenters. The summed E-state index contributed by atoms with van der Waals surface area (Å²) in [5.74, 6) is 0.959. The molecule has 158 valence electrons. The molecule has 0 aliphatic rings. The number of carbonyl (C=O) groups excluding carboxylic acids is 1. The molecule has 3 N–H and O–H groups in total. The number of anilines is 4. The number of rotatable bonds is 7. The number of amides is 1. The number of hydrogen-bond acceptors (Lipinski definition) is 7. The predicted octanol–water partition coefficient (Wildman–Crippen LogP) is 4.36. The number of nitriles is 1. The third-order valence-corrected chi connectivity index (χ3v) is 4.85. The Morgan fingerprint density at radius 1 is 1.23 bits per heavy atom. The minimum atomic E-state index is -0.232. The van der Waals surface area contributed by atoms with Crippen LogP contribution >= 0.6 is 11.6 Å². The molecule has 0 aliphatic carbocycles. The molecule has 2 aromatic carbocycles. The molecular formula is C22H21ClN6O2. The van der Waals surface area contributed by atoms with Crippen LogP contribution in [0, 0.1) is 18.3 Å². The molecule has 0 saturated heterocycles. The van der Waals surface area contributed by atoms with E-state index in [1.807, 2.05) is 19.1 Å². The molecule has 0 radical (unpaired) electrons. The monoisotopic (exact) mass is 436 g/mol. The molecule has 0 aliphatic heterocycles. The average molecular weight is 437 g/mol. The van der Waals surface area contributed by atoms with Gasteiger partial charge in [0.25, 0.3) is 5.91 Å². The number of methoxy groups -OCH3 is 1. The van der Waals surface area contributed by atoms with Crippen LogP contribution in [0.1, 0.15) is 21.5 Å². The molecule has 1 aromatic heterocycles. The van der Waals surface area contributed by atoms with Crippen molar-refractivity contribution in [3.63, 3.8) is 0 Å². The summed E-state index contributed by atoms with van der Waals surface area (Å²) in [5.41, 5.74) is 3.50. The minimum absolute atomic E-state index is 0.232. The number of carbonyl (C=O) groups is 1. The van der Waals surface area contributed by atoms with Crippen molar-refractivity contribution in [2.45, 2.75) is 13.3 Å². The second-order valence-electron chi connectivity index (χ2n) is 6.58. The van der Waals surface area contributed by atoms with Crippen LogP contribution in [0.5, 0.6) is 5.75 Å². The first-order valence-electron chi connectivity index (χ1n) is 9.39. The lowest BCUT2D eigenvalue weighted by atomic mass is 10.0. The second-order valence-corrected chi connectivity index (χ2v) is 6.99. The fourth-order valence-corrected chi connectivity index (χ4v) is 3.10. The van der Waals surface area contributed by atoms with E-state index < -0.39 is 0 Å². The van der Waals surface area contributed by atoms with E-state index in [2.05, 4.69) is 32.0 Å². The molecule has 0 atom stereocenters. The Hall–Kier alpha value is -3.83. The van der Waals surface area contributed by atoms with Crippen LogP contribution in [0.2, 0.25) is 5.02 Å². The van der Waals surface area contributed by atoms with Gasteiger partial charge in [-0.15, -0.1) is 0 Å². The fraction of sp³-hybridized carbons (Fsp3) is 0.182. The van der Waals surface area contributed by atoms with Crippen LogP contribution in [-0.4, -0.2) is 30.0 Å². The van der Waals surface area contributed by atoms with Crippen LogP contribution in [0.15, 0.2) is 42.6 Å². The van der Waals surface area contributed by atoms with E-state index in [1.54, 1.807) is 38.4 Å². The summed E-state index contributed by atoms with van der Waals surface area (Å²) in [6.45, 7) is 1.92. The highest BCUT2D eigenvalue weighted by Gasteiger charge is 2.14. The zero-order valence-electron chi connectivity index (χ0n) is 17.3. The van der Waals surface area contributed by atoms with Crippen molar-refractivity contribution in [2.24, 2.45) is 0 Å². The Bertz CT molecular complexity index is 1160. The van der Waals surface area contributed by atoms with Gasteiger partial charge in [0.1, 0.15) is 10.8 Å². The maximum atomic E-state index is 12.1. The Morgan fingerprint density at radius 3 is 2.71 bits per heavy atom. The molecule has 0 saturated carbocycles. The van der Waals surface area contributed by atoms with Gasteiger partial charge in [0.05, 0.1) is 42.7 Å². The molecule has 3 rings (SSSR count). The van der Waals surface area contributed by atoms with Crippen molar-refractivity contribution in [1.29, 1.82) is 5.26 Å². The highest BCUT2D eigenvalue weighted by Crippen LogP contribution is 2.32. The van der Waals surface area contributed by atoms with Crippen molar-refractivity contribution < 1.29 is 9.53 Å². The second kappa shape index (κ2) is 9.78. The molecule has 31 heavy (non-hydrogen) atoms. The number of aryl methyl sites for hydroxylation is 1. The van der Waals surface area contributed by atoms with Crippen LogP contribution < -0.4 is 20.7 Å². The van der Waals surface area contributed by atoms with Gasteiger partial charge in [0, 0.05) is 7.05 Å². The Morgan fingerprint density at radius 2 is 2.00 bits per heavy atom. The normalized spacial score (nSPS) is 10.2. The van der Waals surface area contributed by atoms with E-state index in [0.717, 1.165) is 11.1 Å². The van der Waals surface area contributed by atoms with Gasteiger partial charge in [0.15, 0.2) is 5.82 Å². The Balaban J connectivity index is 1.92. The van der Waals surface area contributed by atoms with Crippen molar-refractivity contribution in [3.8, 4) is 11.8 Å². The standard InChI is InChI=1S/C22H21ClN6O2/c1-13-10-18(19(31-3)11-14(13)8-9-24)28-22-26-12-16(23)20(29-22)27-17-7-5-4-6-15(17)21(30)25-2/h4-7,10-12H,8H2,1-3H3,(H,25,30)(H2,26,27,28,29). The minimum Gasteiger partial charge on any atom is -0.495 e. The number of para-hydroxylation sites is 1. The van der Waals surface area contributed by atoms with E-state index >= 15 is 0 Å². The summed E-state index contributed by atoms with van der Waals surface area (Å²) in [4.78, 5) is 20.8. The third-order valence-electron chi connectivity index (χ3n) is 4.57. The van der Waals surface area contributed by atoms with E-state index in [9.17, 15) is 4.79 Å². The smallest absolute Gasteiger partial charge is 0.253 e. The van der Waals surface area contributed by atoms with Gasteiger partial charge in [-0.1, -0.05) is 23.7 Å². The molecule has 0 fully saturated rings. The van der Waals surface area contributed by atoms with Crippen LogP contribution in [0.25, 0.3) is 0 Å². The van der Waals surface area contributed by atoms with Crippen molar-refractivity contribution in [1.82, 2.24) is 15.3 Å². The number of benzene rings is 2. The maximum absolute atomic E-state index is 12.1. The van der Waals surface area contributed by atoms with E-state index in [1.165, 1.54) is 6.20 Å². The van der Waals surface area contributed by atoms with Crippen LogP contribution in [-0.2, 0) is 6.42 Å². The molecule has 3 aromatic rings. The number of aromatic nitrogens is 2. The van der Waals surface area contributed by atoms with Crippen molar-refractivity contribution >= 4 is 40.6 Å². The highest BCUT2D eigenvalue weighted by atomic mass is 35.5. The van der Waals surface area contributed by atoms with Crippen LogP contribution in [0.3, 0.4) is 0 Å². The summed E-state index contributed by atoms with van der Waals surface area (Å²) < 4.78 is 5.45. The van der Waals surface area contributed by atoms with Gasteiger partial charge in [-0.2, -0.15) is 10.2 Å². The molecule has 8 nitrogen and oxygen atoms in total. The van der Waals surface area contributed by atoms with Gasteiger partial charge >= 0.3 is 0 Å². The molecule has 1 heterocycles.